The highest BCUT2D eigenvalue weighted by molar-refractivity contribution is 5.71. The van der Waals surface area contributed by atoms with Crippen molar-refractivity contribution in [1.82, 2.24) is 15.1 Å². The van der Waals surface area contributed by atoms with E-state index in [-0.39, 0.29) is 11.8 Å². The molecule has 1 aliphatic rings. The molecule has 0 saturated carbocycles. The highest BCUT2D eigenvalue weighted by atomic mass is 16.4. The third-order valence-electron chi connectivity index (χ3n) is 3.85. The van der Waals surface area contributed by atoms with Gasteiger partial charge in [0.15, 0.2) is 0 Å². The van der Waals surface area contributed by atoms with Crippen LogP contribution in [0.15, 0.2) is 34.7 Å². The number of carboxylic acid groups (broad SMARTS) is 1. The Hall–Kier alpha value is -2.21. The lowest BCUT2D eigenvalue weighted by atomic mass is 9.99. The number of carboxylic acids is 1. The molecule has 1 aromatic heterocycles. The fourth-order valence-electron chi connectivity index (χ4n) is 2.72. The second-order valence-corrected chi connectivity index (χ2v) is 5.48. The molecule has 0 aliphatic carbocycles. The predicted molar refractivity (Wildman–Crippen MR) is 75.3 cm³/mol. The molecule has 21 heavy (non-hydrogen) atoms. The number of rotatable bonds is 4. The molecule has 0 bridgehead atoms. The quantitative estimate of drug-likeness (QED) is 0.925. The summed E-state index contributed by atoms with van der Waals surface area (Å²) < 4.78 is 5.65. The van der Waals surface area contributed by atoms with Crippen molar-refractivity contribution >= 4 is 5.97 Å². The van der Waals surface area contributed by atoms with Crippen LogP contribution >= 0.6 is 0 Å². The number of likely N-dealkylation sites (tertiary alicyclic amines) is 1. The van der Waals surface area contributed by atoms with Crippen LogP contribution in [-0.2, 0) is 11.3 Å². The van der Waals surface area contributed by atoms with Crippen LogP contribution in [0.1, 0.15) is 12.8 Å². The van der Waals surface area contributed by atoms with Crippen molar-refractivity contribution in [3.63, 3.8) is 0 Å². The van der Waals surface area contributed by atoms with Gasteiger partial charge in [0.1, 0.15) is 0 Å². The summed E-state index contributed by atoms with van der Waals surface area (Å²) in [4.78, 5) is 13.2. The molecule has 1 aromatic carbocycles. The lowest BCUT2D eigenvalue weighted by Gasteiger charge is -2.11. The molecule has 1 N–H and O–H groups in total. The van der Waals surface area contributed by atoms with Gasteiger partial charge in [-0.25, -0.2) is 0 Å². The Balaban J connectivity index is 1.67. The number of benzene rings is 1. The van der Waals surface area contributed by atoms with Crippen molar-refractivity contribution in [3.05, 3.63) is 36.2 Å². The van der Waals surface area contributed by atoms with E-state index in [0.717, 1.165) is 12.1 Å². The van der Waals surface area contributed by atoms with Crippen LogP contribution in [0, 0.1) is 11.8 Å². The largest absolute Gasteiger partial charge is 0.481 e. The monoisotopic (exact) mass is 287 g/mol. The molecule has 1 saturated heterocycles. The van der Waals surface area contributed by atoms with Crippen LogP contribution < -0.4 is 0 Å². The van der Waals surface area contributed by atoms with Crippen LogP contribution in [0.5, 0.6) is 0 Å². The maximum absolute atomic E-state index is 11.1. The summed E-state index contributed by atoms with van der Waals surface area (Å²) >= 11 is 0. The minimum absolute atomic E-state index is 0.138. The van der Waals surface area contributed by atoms with Gasteiger partial charge in [0, 0.05) is 18.7 Å². The molecule has 2 atom stereocenters. The van der Waals surface area contributed by atoms with E-state index in [2.05, 4.69) is 10.2 Å². The van der Waals surface area contributed by atoms with Crippen LogP contribution in [0.2, 0.25) is 0 Å². The lowest BCUT2D eigenvalue weighted by molar-refractivity contribution is -0.142. The fraction of sp³-hybridized carbons (Fsp3) is 0.400. The van der Waals surface area contributed by atoms with Crippen molar-refractivity contribution in [1.29, 1.82) is 0 Å². The van der Waals surface area contributed by atoms with Gasteiger partial charge in [0.2, 0.25) is 11.8 Å². The van der Waals surface area contributed by atoms with Crippen molar-refractivity contribution in [2.75, 3.05) is 13.1 Å². The smallest absolute Gasteiger partial charge is 0.308 e. The van der Waals surface area contributed by atoms with Gasteiger partial charge in [0.25, 0.3) is 0 Å². The minimum Gasteiger partial charge on any atom is -0.481 e. The van der Waals surface area contributed by atoms with Crippen molar-refractivity contribution in [2.45, 2.75) is 13.5 Å². The topological polar surface area (TPSA) is 79.5 Å². The van der Waals surface area contributed by atoms with Crippen LogP contribution in [0.3, 0.4) is 0 Å². The van der Waals surface area contributed by atoms with Gasteiger partial charge >= 0.3 is 5.97 Å². The summed E-state index contributed by atoms with van der Waals surface area (Å²) in [5.74, 6) is 0.0979. The average Bonchev–Trinajstić information content (AvgIpc) is 3.07. The molecular weight excluding hydrogens is 270 g/mol. The summed E-state index contributed by atoms with van der Waals surface area (Å²) in [6.45, 7) is 3.72. The predicted octanol–water partition coefficient (Wildman–Crippen LogP) is 1.89. The van der Waals surface area contributed by atoms with E-state index in [9.17, 15) is 4.79 Å². The van der Waals surface area contributed by atoms with Gasteiger partial charge in [-0.3, -0.25) is 9.69 Å². The Morgan fingerprint density at radius 2 is 2.10 bits per heavy atom. The lowest BCUT2D eigenvalue weighted by Crippen LogP contribution is -2.23. The molecule has 2 heterocycles. The molecule has 0 spiro atoms. The van der Waals surface area contributed by atoms with E-state index in [1.54, 1.807) is 0 Å². The maximum atomic E-state index is 11.1. The molecule has 2 aromatic rings. The van der Waals surface area contributed by atoms with E-state index in [1.165, 1.54) is 0 Å². The standard InChI is InChI=1S/C15H17N3O3/c1-10-7-18(8-12(10)15(19)20)9-13-16-17-14(21-13)11-5-3-2-4-6-11/h2-6,10,12H,7-9H2,1H3,(H,19,20)/t10-,12-/m1/s1. The average molecular weight is 287 g/mol. The highest BCUT2D eigenvalue weighted by Crippen LogP contribution is 2.25. The zero-order chi connectivity index (χ0) is 14.8. The molecular formula is C15H17N3O3. The second-order valence-electron chi connectivity index (χ2n) is 5.48. The summed E-state index contributed by atoms with van der Waals surface area (Å²) in [5.41, 5.74) is 0.884. The summed E-state index contributed by atoms with van der Waals surface area (Å²) in [7, 11) is 0. The Labute approximate surface area is 122 Å². The summed E-state index contributed by atoms with van der Waals surface area (Å²) in [5, 5.41) is 17.2. The number of hydrogen-bond acceptors (Lipinski definition) is 5. The Kier molecular flexibility index (Phi) is 3.70. The fourth-order valence-corrected chi connectivity index (χ4v) is 2.72. The third kappa shape index (κ3) is 2.95. The molecule has 3 rings (SSSR count). The molecule has 1 fully saturated rings. The molecule has 0 radical (unpaired) electrons. The maximum Gasteiger partial charge on any atom is 0.308 e. The molecule has 0 unspecified atom stereocenters. The van der Waals surface area contributed by atoms with Gasteiger partial charge in [0.05, 0.1) is 12.5 Å². The minimum atomic E-state index is -0.736. The van der Waals surface area contributed by atoms with E-state index < -0.39 is 5.97 Å². The van der Waals surface area contributed by atoms with E-state index in [0.29, 0.717) is 24.9 Å². The summed E-state index contributed by atoms with van der Waals surface area (Å²) in [6.07, 6.45) is 0. The Morgan fingerprint density at radius 3 is 2.76 bits per heavy atom. The highest BCUT2D eigenvalue weighted by Gasteiger charge is 2.35. The normalized spacial score (nSPS) is 22.5. The Morgan fingerprint density at radius 1 is 1.33 bits per heavy atom. The Bertz CT molecular complexity index is 626. The van der Waals surface area contributed by atoms with E-state index in [1.807, 2.05) is 42.2 Å². The van der Waals surface area contributed by atoms with Gasteiger partial charge in [-0.15, -0.1) is 10.2 Å². The SMILES string of the molecule is C[C@@H]1CN(Cc2nnc(-c3ccccc3)o2)C[C@H]1C(=O)O. The van der Waals surface area contributed by atoms with Gasteiger partial charge < -0.3 is 9.52 Å². The van der Waals surface area contributed by atoms with Crippen LogP contribution in [0.25, 0.3) is 11.5 Å². The van der Waals surface area contributed by atoms with Gasteiger partial charge in [-0.05, 0) is 18.1 Å². The number of nitrogens with zero attached hydrogens (tertiary/aromatic N) is 3. The number of aliphatic carboxylic acids is 1. The number of hydrogen-bond donors (Lipinski definition) is 1. The van der Waals surface area contributed by atoms with E-state index in [4.69, 9.17) is 9.52 Å². The number of carbonyl (C=O) groups is 1. The first-order chi connectivity index (χ1) is 10.1. The number of aromatic nitrogens is 2. The summed E-state index contributed by atoms with van der Waals surface area (Å²) in [6, 6.07) is 9.58. The molecule has 6 heteroatoms. The molecule has 110 valence electrons. The molecule has 1 aliphatic heterocycles. The molecule has 6 nitrogen and oxygen atoms in total. The second kappa shape index (κ2) is 5.65. The molecule has 0 amide bonds. The van der Waals surface area contributed by atoms with E-state index >= 15 is 0 Å². The zero-order valence-electron chi connectivity index (χ0n) is 11.8. The van der Waals surface area contributed by atoms with Crippen molar-refractivity contribution < 1.29 is 14.3 Å². The first-order valence-corrected chi connectivity index (χ1v) is 6.96. The van der Waals surface area contributed by atoms with Gasteiger partial charge in [-0.1, -0.05) is 25.1 Å². The van der Waals surface area contributed by atoms with Crippen molar-refractivity contribution in [3.8, 4) is 11.5 Å². The zero-order valence-corrected chi connectivity index (χ0v) is 11.8. The first-order valence-electron chi connectivity index (χ1n) is 6.96. The van der Waals surface area contributed by atoms with Crippen molar-refractivity contribution in [2.24, 2.45) is 11.8 Å². The van der Waals surface area contributed by atoms with Gasteiger partial charge in [-0.2, -0.15) is 0 Å². The van der Waals surface area contributed by atoms with Crippen LogP contribution in [-0.4, -0.2) is 39.3 Å². The first kappa shape index (κ1) is 13.8. The third-order valence-corrected chi connectivity index (χ3v) is 3.85. The van der Waals surface area contributed by atoms with Crippen LogP contribution in [0.4, 0.5) is 0 Å².